The summed E-state index contributed by atoms with van der Waals surface area (Å²) in [6.07, 6.45) is 0. The second-order valence-electron chi connectivity index (χ2n) is 5.59. The number of methoxy groups -OCH3 is 1. The Hall–Kier alpha value is -3.42. The van der Waals surface area contributed by atoms with Gasteiger partial charge in [-0.05, 0) is 48.9 Å². The number of carbonyl (C=O) groups is 1. The fourth-order valence-electron chi connectivity index (χ4n) is 2.36. The summed E-state index contributed by atoms with van der Waals surface area (Å²) in [5, 5.41) is 6.65. The third-order valence-corrected chi connectivity index (χ3v) is 3.62. The van der Waals surface area contributed by atoms with E-state index in [0.29, 0.717) is 17.0 Å². The number of aromatic nitrogens is 2. The van der Waals surface area contributed by atoms with Crippen molar-refractivity contribution >= 4 is 11.6 Å². The smallest absolute Gasteiger partial charge is 0.437 e. The number of anilines is 1. The summed E-state index contributed by atoms with van der Waals surface area (Å²) in [4.78, 5) is 24.1. The second kappa shape index (κ2) is 7.22. The minimum absolute atomic E-state index is 0.0101. The first kappa shape index (κ1) is 17.4. The largest absolute Gasteiger partial charge is 0.495 e. The molecule has 2 aromatic carbocycles. The van der Waals surface area contributed by atoms with Gasteiger partial charge < -0.3 is 14.5 Å². The summed E-state index contributed by atoms with van der Waals surface area (Å²) in [6, 6.07) is 10.7. The average Bonchev–Trinajstić information content (AvgIpc) is 2.96. The monoisotopic (exact) mass is 357 g/mol. The Morgan fingerprint density at radius 1 is 1.27 bits per heavy atom. The highest BCUT2D eigenvalue weighted by Gasteiger charge is 2.15. The zero-order chi connectivity index (χ0) is 18.7. The van der Waals surface area contributed by atoms with Crippen LogP contribution in [0.2, 0.25) is 0 Å². The maximum absolute atomic E-state index is 13.0. The lowest BCUT2D eigenvalue weighted by molar-refractivity contribution is -0.117. The molecule has 1 amide bonds. The van der Waals surface area contributed by atoms with Gasteiger partial charge >= 0.3 is 5.76 Å². The topological polar surface area (TPSA) is 86.4 Å². The zero-order valence-electron chi connectivity index (χ0n) is 14.2. The number of nitrogens with zero attached hydrogens (tertiary/aromatic N) is 2. The van der Waals surface area contributed by atoms with Gasteiger partial charge in [0.25, 0.3) is 0 Å². The van der Waals surface area contributed by atoms with Crippen LogP contribution in [0, 0.1) is 12.7 Å². The second-order valence-corrected chi connectivity index (χ2v) is 5.59. The number of hydrogen-bond acceptors (Lipinski definition) is 5. The summed E-state index contributed by atoms with van der Waals surface area (Å²) >= 11 is 0. The number of benzene rings is 2. The third kappa shape index (κ3) is 3.80. The molecular weight excluding hydrogens is 341 g/mol. The molecule has 26 heavy (non-hydrogen) atoms. The lowest BCUT2D eigenvalue weighted by Crippen LogP contribution is -2.26. The molecule has 7 nitrogen and oxygen atoms in total. The Labute approximate surface area is 148 Å². The average molecular weight is 357 g/mol. The third-order valence-electron chi connectivity index (χ3n) is 3.62. The molecule has 0 aliphatic rings. The van der Waals surface area contributed by atoms with Crippen molar-refractivity contribution < 1.29 is 18.3 Å². The first-order valence-electron chi connectivity index (χ1n) is 7.74. The molecule has 1 heterocycles. The van der Waals surface area contributed by atoms with Crippen molar-refractivity contribution in [3.05, 3.63) is 64.4 Å². The minimum Gasteiger partial charge on any atom is -0.495 e. The number of carbonyl (C=O) groups excluding carboxylic acids is 1. The zero-order valence-corrected chi connectivity index (χ0v) is 14.2. The Kier molecular flexibility index (Phi) is 4.83. The van der Waals surface area contributed by atoms with Gasteiger partial charge in [0, 0.05) is 5.56 Å². The number of halogens is 1. The Bertz CT molecular complexity index is 992. The Morgan fingerprint density at radius 3 is 2.69 bits per heavy atom. The lowest BCUT2D eigenvalue weighted by atomic mass is 10.2. The van der Waals surface area contributed by atoms with Crippen molar-refractivity contribution in [1.29, 1.82) is 0 Å². The molecule has 0 unspecified atom stereocenters. The fraction of sp³-hybridized carbons (Fsp3) is 0.167. The van der Waals surface area contributed by atoms with E-state index in [4.69, 9.17) is 9.15 Å². The van der Waals surface area contributed by atoms with Crippen LogP contribution in [-0.2, 0) is 11.3 Å². The molecule has 0 spiro atoms. The molecule has 1 aromatic heterocycles. The number of nitrogens with one attached hydrogen (secondary N) is 1. The van der Waals surface area contributed by atoms with Crippen LogP contribution < -0.4 is 15.8 Å². The van der Waals surface area contributed by atoms with E-state index in [-0.39, 0.29) is 12.4 Å². The maximum atomic E-state index is 13.0. The number of ether oxygens (including phenoxy) is 1. The first-order chi connectivity index (χ1) is 12.5. The van der Waals surface area contributed by atoms with E-state index < -0.39 is 17.5 Å². The van der Waals surface area contributed by atoms with Gasteiger partial charge in [0.15, 0.2) is 0 Å². The molecule has 1 N–H and O–H groups in total. The SMILES string of the molecule is COc1ccc(C)cc1NC(=O)Cn1nc(-c2ccc(F)cc2)oc1=O. The van der Waals surface area contributed by atoms with Crippen molar-refractivity contribution in [3.8, 4) is 17.2 Å². The van der Waals surface area contributed by atoms with E-state index in [9.17, 15) is 14.0 Å². The fourth-order valence-corrected chi connectivity index (χ4v) is 2.36. The summed E-state index contributed by atoms with van der Waals surface area (Å²) in [6.45, 7) is 1.55. The van der Waals surface area contributed by atoms with Crippen LogP contribution in [0.25, 0.3) is 11.5 Å². The van der Waals surface area contributed by atoms with Gasteiger partial charge in [-0.25, -0.2) is 9.18 Å². The van der Waals surface area contributed by atoms with Gasteiger partial charge in [-0.1, -0.05) is 6.07 Å². The summed E-state index contributed by atoms with van der Waals surface area (Å²) < 4.78 is 24.1. The number of amides is 1. The molecule has 0 saturated heterocycles. The van der Waals surface area contributed by atoms with E-state index >= 15 is 0 Å². The molecular formula is C18H16FN3O4. The number of hydrogen-bond donors (Lipinski definition) is 1. The predicted octanol–water partition coefficient (Wildman–Crippen LogP) is 2.60. The molecule has 3 rings (SSSR count). The molecule has 134 valence electrons. The quantitative estimate of drug-likeness (QED) is 0.758. The molecule has 0 aliphatic heterocycles. The highest BCUT2D eigenvalue weighted by Crippen LogP contribution is 2.25. The Balaban J connectivity index is 1.77. The normalized spacial score (nSPS) is 10.6. The molecule has 0 saturated carbocycles. The molecule has 0 radical (unpaired) electrons. The molecule has 3 aromatic rings. The van der Waals surface area contributed by atoms with Crippen molar-refractivity contribution in [2.75, 3.05) is 12.4 Å². The maximum Gasteiger partial charge on any atom is 0.437 e. The Morgan fingerprint density at radius 2 is 2.00 bits per heavy atom. The molecule has 0 aliphatic carbocycles. The van der Waals surface area contributed by atoms with Crippen LogP contribution in [0.15, 0.2) is 51.7 Å². The molecule has 0 fully saturated rings. The standard InChI is InChI=1S/C18H16FN3O4/c1-11-3-8-15(25-2)14(9-11)20-16(23)10-22-18(24)26-17(21-22)12-4-6-13(19)7-5-12/h3-9H,10H2,1-2H3,(H,20,23). The van der Waals surface area contributed by atoms with E-state index in [1.165, 1.54) is 31.4 Å². The van der Waals surface area contributed by atoms with Crippen molar-refractivity contribution in [2.45, 2.75) is 13.5 Å². The first-order valence-corrected chi connectivity index (χ1v) is 7.74. The molecule has 0 bridgehead atoms. The van der Waals surface area contributed by atoms with Crippen LogP contribution >= 0.6 is 0 Å². The van der Waals surface area contributed by atoms with Crippen molar-refractivity contribution in [2.24, 2.45) is 0 Å². The van der Waals surface area contributed by atoms with Gasteiger partial charge in [-0.2, -0.15) is 4.68 Å². The van der Waals surface area contributed by atoms with E-state index in [1.807, 2.05) is 13.0 Å². The summed E-state index contributed by atoms with van der Waals surface area (Å²) in [5.74, 6) is -1.15. The predicted molar refractivity (Wildman–Crippen MR) is 92.5 cm³/mol. The van der Waals surface area contributed by atoms with Crippen LogP contribution in [0.1, 0.15) is 5.56 Å². The lowest BCUT2D eigenvalue weighted by Gasteiger charge is -2.10. The van der Waals surface area contributed by atoms with E-state index in [1.54, 1.807) is 12.1 Å². The molecule has 8 heteroatoms. The van der Waals surface area contributed by atoms with Gasteiger partial charge in [0.05, 0.1) is 12.8 Å². The molecule has 0 atom stereocenters. The van der Waals surface area contributed by atoms with Crippen molar-refractivity contribution in [1.82, 2.24) is 9.78 Å². The summed E-state index contributed by atoms with van der Waals surface area (Å²) in [7, 11) is 1.50. The minimum atomic E-state index is -0.782. The number of aryl methyl sites for hydroxylation is 1. The van der Waals surface area contributed by atoms with E-state index in [0.717, 1.165) is 10.2 Å². The highest BCUT2D eigenvalue weighted by atomic mass is 19.1. The van der Waals surface area contributed by atoms with Crippen molar-refractivity contribution in [3.63, 3.8) is 0 Å². The van der Waals surface area contributed by atoms with Gasteiger partial charge in [0.2, 0.25) is 11.8 Å². The number of rotatable bonds is 5. The van der Waals surface area contributed by atoms with Gasteiger partial charge in [-0.15, -0.1) is 5.10 Å². The summed E-state index contributed by atoms with van der Waals surface area (Å²) in [5.41, 5.74) is 1.87. The van der Waals surface area contributed by atoms with Gasteiger partial charge in [0.1, 0.15) is 18.1 Å². The van der Waals surface area contributed by atoms with Crippen LogP contribution in [0.4, 0.5) is 10.1 Å². The highest BCUT2D eigenvalue weighted by molar-refractivity contribution is 5.92. The van der Waals surface area contributed by atoms with Crippen LogP contribution in [0.3, 0.4) is 0 Å². The van der Waals surface area contributed by atoms with Crippen LogP contribution in [0.5, 0.6) is 5.75 Å². The van der Waals surface area contributed by atoms with E-state index in [2.05, 4.69) is 10.4 Å². The van der Waals surface area contributed by atoms with Crippen LogP contribution in [-0.4, -0.2) is 22.8 Å². The van der Waals surface area contributed by atoms with Gasteiger partial charge in [-0.3, -0.25) is 4.79 Å².